The molecule has 4 heteroatoms. The molecule has 4 nitrogen and oxygen atoms in total. The van der Waals surface area contributed by atoms with Gasteiger partial charge in [0.15, 0.2) is 0 Å². The van der Waals surface area contributed by atoms with E-state index in [2.05, 4.69) is 156 Å². The van der Waals surface area contributed by atoms with Crippen molar-refractivity contribution >= 4 is 50.8 Å². The second-order valence-electron chi connectivity index (χ2n) is 12.5. The molecule has 1 aliphatic rings. The van der Waals surface area contributed by atoms with Gasteiger partial charge in [-0.25, -0.2) is 0 Å². The number of fused-ring (bicyclic) bond motifs is 6. The van der Waals surface area contributed by atoms with Crippen molar-refractivity contribution in [3.63, 3.8) is 0 Å². The van der Waals surface area contributed by atoms with Gasteiger partial charge in [0.25, 0.3) is 0 Å². The zero-order chi connectivity index (χ0) is 32.0. The summed E-state index contributed by atoms with van der Waals surface area (Å²) in [5.74, 6) is 0. The van der Waals surface area contributed by atoms with Crippen LogP contribution in [0.3, 0.4) is 0 Å². The molecular formula is C42H40N4. The van der Waals surface area contributed by atoms with Crippen LogP contribution in [-0.4, -0.2) is 24.9 Å². The highest BCUT2D eigenvalue weighted by Gasteiger charge is 2.36. The molecular weight excluding hydrogens is 560 g/mol. The van der Waals surface area contributed by atoms with E-state index in [0.717, 1.165) is 28.3 Å². The van der Waals surface area contributed by atoms with Gasteiger partial charge in [0.1, 0.15) is 0 Å². The van der Waals surface area contributed by atoms with Gasteiger partial charge in [-0.3, -0.25) is 4.99 Å². The minimum atomic E-state index is -0.0963. The average molecular weight is 601 g/mol. The van der Waals surface area contributed by atoms with Gasteiger partial charge in [-0.2, -0.15) is 0 Å². The van der Waals surface area contributed by atoms with Crippen LogP contribution < -0.4 is 10.2 Å². The third kappa shape index (κ3) is 4.56. The average Bonchev–Trinajstić information content (AvgIpc) is 3.52. The van der Waals surface area contributed by atoms with Crippen LogP contribution in [-0.2, 0) is 5.41 Å². The SMILES string of the molecule is C=C/C(=C\C=NC)n1c2ccc(C(C)N(c3ccccc3)c3ccccc3NC)cc2c2cc3c(cc21)C(C)(C)c1ccccc1-3. The lowest BCUT2D eigenvalue weighted by atomic mass is 9.82. The number of anilines is 3. The number of hydrogen-bond donors (Lipinski definition) is 1. The third-order valence-electron chi connectivity index (χ3n) is 9.69. The maximum atomic E-state index is 4.26. The molecule has 46 heavy (non-hydrogen) atoms. The second-order valence-corrected chi connectivity index (χ2v) is 12.5. The summed E-state index contributed by atoms with van der Waals surface area (Å²) in [5.41, 5.74) is 13.2. The Bertz CT molecular complexity index is 2160. The normalized spacial score (nSPS) is 14.4. The lowest BCUT2D eigenvalue weighted by molar-refractivity contribution is 0.661. The lowest BCUT2D eigenvalue weighted by Crippen LogP contribution is -2.22. The zero-order valence-electron chi connectivity index (χ0n) is 27.3. The van der Waals surface area contributed by atoms with E-state index in [9.17, 15) is 0 Å². The Morgan fingerprint density at radius 1 is 0.826 bits per heavy atom. The molecule has 228 valence electrons. The quantitative estimate of drug-likeness (QED) is 0.139. The predicted octanol–water partition coefficient (Wildman–Crippen LogP) is 10.8. The molecule has 1 atom stereocenters. The monoisotopic (exact) mass is 600 g/mol. The summed E-state index contributed by atoms with van der Waals surface area (Å²) < 4.78 is 2.35. The number of hydrogen-bond acceptors (Lipinski definition) is 3. The lowest BCUT2D eigenvalue weighted by Gasteiger charge is -2.33. The smallest absolute Gasteiger partial charge is 0.0652 e. The van der Waals surface area contributed by atoms with E-state index in [4.69, 9.17) is 0 Å². The Hall–Kier alpha value is -5.35. The molecule has 0 saturated heterocycles. The molecule has 0 bridgehead atoms. The highest BCUT2D eigenvalue weighted by Crippen LogP contribution is 2.51. The second kappa shape index (κ2) is 11.5. The first-order valence-corrected chi connectivity index (χ1v) is 16.0. The zero-order valence-corrected chi connectivity index (χ0v) is 27.3. The largest absolute Gasteiger partial charge is 0.386 e. The number of para-hydroxylation sites is 3. The van der Waals surface area contributed by atoms with E-state index in [1.54, 1.807) is 7.05 Å². The van der Waals surface area contributed by atoms with Crippen molar-refractivity contribution in [2.24, 2.45) is 4.99 Å². The number of benzene rings is 5. The van der Waals surface area contributed by atoms with Crippen molar-refractivity contribution in [3.8, 4) is 11.1 Å². The standard InChI is InChI=1S/C42H40N4/c1-7-30(23-24-43-5)46-39-22-21-29(28(2)45(31-15-9-8-10-16-31)40-20-14-13-19-38(40)44-6)25-34(39)35-26-33-32-17-11-12-18-36(32)42(3,4)37(33)27-41(35)46/h7-28,44H,1H2,2-6H3/b30-23+,43-24?. The summed E-state index contributed by atoms with van der Waals surface area (Å²) in [6, 6.07) is 39.9. The highest BCUT2D eigenvalue weighted by molar-refractivity contribution is 6.13. The van der Waals surface area contributed by atoms with Crippen LogP contribution >= 0.6 is 0 Å². The van der Waals surface area contributed by atoms with Crippen LogP contribution in [0.1, 0.15) is 43.5 Å². The maximum Gasteiger partial charge on any atom is 0.0652 e. The Morgan fingerprint density at radius 3 is 2.30 bits per heavy atom. The number of aromatic nitrogens is 1. The summed E-state index contributed by atoms with van der Waals surface area (Å²) in [5, 5.41) is 5.87. The van der Waals surface area contributed by atoms with Crippen molar-refractivity contribution in [3.05, 3.63) is 145 Å². The molecule has 0 fully saturated rings. The molecule has 0 spiro atoms. The summed E-state index contributed by atoms with van der Waals surface area (Å²) in [6.07, 6.45) is 5.81. The minimum absolute atomic E-state index is 0.0513. The van der Waals surface area contributed by atoms with E-state index in [-0.39, 0.29) is 11.5 Å². The number of nitrogens with zero attached hydrogens (tertiary/aromatic N) is 3. The molecule has 0 radical (unpaired) electrons. The Labute approximate surface area is 272 Å². The number of allylic oxidation sites excluding steroid dienone is 3. The van der Waals surface area contributed by atoms with Crippen molar-refractivity contribution in [2.75, 3.05) is 24.3 Å². The van der Waals surface area contributed by atoms with Crippen molar-refractivity contribution < 1.29 is 0 Å². The molecule has 6 aromatic rings. The van der Waals surface area contributed by atoms with Crippen LogP contribution in [0.5, 0.6) is 0 Å². The highest BCUT2D eigenvalue weighted by atomic mass is 15.2. The molecule has 0 saturated carbocycles. The van der Waals surface area contributed by atoms with Crippen LogP contribution in [0.25, 0.3) is 38.6 Å². The first-order valence-electron chi connectivity index (χ1n) is 16.0. The molecule has 7 rings (SSSR count). The fourth-order valence-corrected chi connectivity index (χ4v) is 7.36. The molecule has 0 amide bonds. The Kier molecular flexibility index (Phi) is 7.37. The predicted molar refractivity (Wildman–Crippen MR) is 199 cm³/mol. The van der Waals surface area contributed by atoms with E-state index >= 15 is 0 Å². The van der Waals surface area contributed by atoms with Crippen molar-refractivity contribution in [2.45, 2.75) is 32.2 Å². The van der Waals surface area contributed by atoms with Gasteiger partial charge in [-0.15, -0.1) is 0 Å². The number of aliphatic imine (C=N–C) groups is 1. The topological polar surface area (TPSA) is 32.6 Å². The maximum absolute atomic E-state index is 4.26. The van der Waals surface area contributed by atoms with Crippen LogP contribution in [0.15, 0.2) is 133 Å². The third-order valence-corrected chi connectivity index (χ3v) is 9.69. The first kappa shape index (κ1) is 29.4. The van der Waals surface area contributed by atoms with Crippen molar-refractivity contribution in [1.82, 2.24) is 4.57 Å². The van der Waals surface area contributed by atoms with E-state index < -0.39 is 0 Å². The summed E-state index contributed by atoms with van der Waals surface area (Å²) in [7, 11) is 3.79. The fraction of sp³-hybridized carbons (Fsp3) is 0.167. The first-order chi connectivity index (χ1) is 22.4. The molecule has 1 N–H and O–H groups in total. The number of rotatable bonds is 8. The van der Waals surface area contributed by atoms with Gasteiger partial charge >= 0.3 is 0 Å². The van der Waals surface area contributed by atoms with E-state index in [1.807, 2.05) is 25.4 Å². The Balaban J connectivity index is 1.49. The molecule has 1 heterocycles. The minimum Gasteiger partial charge on any atom is -0.386 e. The molecule has 1 aromatic heterocycles. The van der Waals surface area contributed by atoms with Gasteiger partial charge in [-0.1, -0.05) is 81.1 Å². The van der Waals surface area contributed by atoms with Gasteiger partial charge in [0, 0.05) is 47.9 Å². The number of nitrogens with one attached hydrogen (secondary N) is 1. The fourth-order valence-electron chi connectivity index (χ4n) is 7.36. The summed E-state index contributed by atoms with van der Waals surface area (Å²) in [6.45, 7) is 11.2. The molecule has 0 aliphatic heterocycles. The van der Waals surface area contributed by atoms with Gasteiger partial charge in [0.2, 0.25) is 0 Å². The Morgan fingerprint density at radius 2 is 1.54 bits per heavy atom. The van der Waals surface area contributed by atoms with Gasteiger partial charge in [0.05, 0.1) is 28.5 Å². The van der Waals surface area contributed by atoms with Crippen molar-refractivity contribution in [1.29, 1.82) is 0 Å². The molecule has 5 aromatic carbocycles. The summed E-state index contributed by atoms with van der Waals surface area (Å²) in [4.78, 5) is 6.68. The van der Waals surface area contributed by atoms with E-state index in [1.165, 1.54) is 44.1 Å². The van der Waals surface area contributed by atoms with Crippen LogP contribution in [0.2, 0.25) is 0 Å². The molecule has 1 aliphatic carbocycles. The molecule has 1 unspecified atom stereocenters. The van der Waals surface area contributed by atoms with Crippen LogP contribution in [0.4, 0.5) is 17.1 Å². The van der Waals surface area contributed by atoms with Gasteiger partial charge < -0.3 is 14.8 Å². The van der Waals surface area contributed by atoms with E-state index in [0.29, 0.717) is 0 Å². The van der Waals surface area contributed by atoms with Crippen LogP contribution in [0, 0.1) is 0 Å². The summed E-state index contributed by atoms with van der Waals surface area (Å²) >= 11 is 0. The van der Waals surface area contributed by atoms with Gasteiger partial charge in [-0.05, 0) is 95.4 Å².